The monoisotopic (exact) mass is 664 g/mol. The van der Waals surface area contributed by atoms with E-state index in [2.05, 4.69) is 155 Å². The third-order valence-corrected chi connectivity index (χ3v) is 8.33. The van der Waals surface area contributed by atoms with Crippen LogP contribution in [0.5, 0.6) is 0 Å². The van der Waals surface area contributed by atoms with Crippen molar-refractivity contribution in [2.75, 3.05) is 0 Å². The first-order valence-electron chi connectivity index (χ1n) is 13.6. The van der Waals surface area contributed by atoms with Crippen LogP contribution in [0.4, 0.5) is 0 Å². The van der Waals surface area contributed by atoms with E-state index >= 15 is 0 Å². The van der Waals surface area contributed by atoms with Gasteiger partial charge in [-0.15, -0.1) is 46.2 Å². The summed E-state index contributed by atoms with van der Waals surface area (Å²) in [5.74, 6) is 0. The maximum atomic E-state index is 3.82. The van der Waals surface area contributed by atoms with E-state index in [0.29, 0.717) is 5.41 Å². The third kappa shape index (κ3) is 9.27. The van der Waals surface area contributed by atoms with Crippen molar-refractivity contribution >= 4 is 36.9 Å². The Morgan fingerprint density at radius 3 is 1.52 bits per heavy atom. The van der Waals surface area contributed by atoms with Gasteiger partial charge >= 0.3 is 99.2 Å². The predicted octanol–water partition coefficient (Wildman–Crippen LogP) is 4.53. The van der Waals surface area contributed by atoms with E-state index in [1.165, 1.54) is 65.7 Å². The summed E-state index contributed by atoms with van der Waals surface area (Å²) < 4.78 is 1.42. The Labute approximate surface area is 279 Å². The van der Waals surface area contributed by atoms with E-state index in [9.17, 15) is 0 Å². The molecule has 0 unspecified atom stereocenters. The Morgan fingerprint density at radius 2 is 1.19 bits per heavy atom. The maximum absolute atomic E-state index is 3.82. The fraction of sp³-hybridized carbons (Fsp3) is 0.128. The number of allylic oxidation sites excluding steroid dienone is 4. The molecule has 0 spiro atoms. The summed E-state index contributed by atoms with van der Waals surface area (Å²) in [6.45, 7) is 14.3. The molecular formula is C39H36Cl2Zr-2. The van der Waals surface area contributed by atoms with Crippen LogP contribution in [0.25, 0.3) is 33.7 Å². The van der Waals surface area contributed by atoms with Crippen molar-refractivity contribution in [1.82, 2.24) is 0 Å². The van der Waals surface area contributed by atoms with Gasteiger partial charge in [0.15, 0.2) is 0 Å². The number of hydrogen-bond acceptors (Lipinski definition) is 0. The van der Waals surface area contributed by atoms with Crippen LogP contribution < -0.4 is 24.8 Å². The van der Waals surface area contributed by atoms with Crippen LogP contribution in [0.3, 0.4) is 0 Å². The molecule has 0 aromatic heterocycles. The summed E-state index contributed by atoms with van der Waals surface area (Å²) >= 11 is 1.46. The first-order chi connectivity index (χ1) is 19.3. The first kappa shape index (κ1) is 35.2. The molecule has 3 heteroatoms. The zero-order valence-electron chi connectivity index (χ0n) is 24.5. The summed E-state index contributed by atoms with van der Waals surface area (Å²) in [6.07, 6.45) is 12.3. The van der Waals surface area contributed by atoms with Crippen LogP contribution in [0.1, 0.15) is 49.4 Å². The van der Waals surface area contributed by atoms with Crippen molar-refractivity contribution in [1.29, 1.82) is 0 Å². The quantitative estimate of drug-likeness (QED) is 0.248. The van der Waals surface area contributed by atoms with Crippen molar-refractivity contribution in [2.45, 2.75) is 27.2 Å². The fourth-order valence-electron chi connectivity index (χ4n) is 4.58. The van der Waals surface area contributed by atoms with E-state index in [4.69, 9.17) is 0 Å². The van der Waals surface area contributed by atoms with Gasteiger partial charge in [-0.3, -0.25) is 6.08 Å². The predicted molar refractivity (Wildman–Crippen MR) is 173 cm³/mol. The van der Waals surface area contributed by atoms with Gasteiger partial charge in [-0.1, -0.05) is 75.8 Å². The molecule has 1 aliphatic carbocycles. The molecule has 0 bridgehead atoms. The first-order valence-corrected chi connectivity index (χ1v) is 14.9. The van der Waals surface area contributed by atoms with E-state index in [0.717, 1.165) is 17.5 Å². The van der Waals surface area contributed by atoms with Gasteiger partial charge in [0.2, 0.25) is 0 Å². The number of fused-ring (bicyclic) bond motifs is 3. The standard InChI is InChI=1S/C17H13.C13H10.C9H13.2ClH.Zr/c1-3-12-5-7-14-11-15-8-6-13(4-2)10-17(15)16(14)9-12;1-3-7-12(8-4-1)11-13-9-5-2-6-10-13;1-9(2,3)8-6-4-5-7-8;;;/h3-11H,1-2H2;1-10H;6-7H,4H2,1-3H3;2*1H;/q-1;;-1;;;+2/p-2. The van der Waals surface area contributed by atoms with Gasteiger partial charge in [0, 0.05) is 0 Å². The number of halogens is 2. The Hall–Kier alpha value is -2.96. The van der Waals surface area contributed by atoms with Gasteiger partial charge < -0.3 is 24.8 Å². The Bertz CT molecular complexity index is 1580. The number of hydrogen-bond donors (Lipinski definition) is 0. The van der Waals surface area contributed by atoms with Crippen molar-refractivity contribution in [3.8, 4) is 0 Å². The minimum atomic E-state index is 0. The van der Waals surface area contributed by atoms with Crippen molar-refractivity contribution in [3.63, 3.8) is 0 Å². The molecule has 0 saturated heterocycles. The molecule has 0 nitrogen and oxygen atoms in total. The van der Waals surface area contributed by atoms with Gasteiger partial charge in [-0.2, -0.15) is 11.6 Å². The average molecular weight is 667 g/mol. The summed E-state index contributed by atoms with van der Waals surface area (Å²) in [5, 5.41) is 5.15. The van der Waals surface area contributed by atoms with Gasteiger partial charge in [-0.05, 0) is 11.1 Å². The van der Waals surface area contributed by atoms with Crippen LogP contribution in [0.15, 0.2) is 134 Å². The third-order valence-electron chi connectivity index (χ3n) is 6.92. The molecule has 0 atom stereocenters. The minimum absolute atomic E-state index is 0. The van der Waals surface area contributed by atoms with E-state index in [1.807, 2.05) is 12.2 Å². The molecule has 0 amide bonds. The molecule has 0 fully saturated rings. The second-order valence-electron chi connectivity index (χ2n) is 10.8. The SMILES string of the molecule is C=Cc1ccc2[cH-]c3ccc(C=C)cc3c2c1.CC(C)(C)C1=CC[C-]=C1.[Cl-].[Cl-].[Zr+2]=[C](c1ccccc1)c1ccccc1. The number of benzene rings is 4. The fourth-order valence-corrected chi connectivity index (χ4v) is 5.40. The summed E-state index contributed by atoms with van der Waals surface area (Å²) in [7, 11) is 0. The van der Waals surface area contributed by atoms with Crippen LogP contribution in [-0.2, 0) is 24.2 Å². The zero-order valence-corrected chi connectivity index (χ0v) is 28.5. The Morgan fingerprint density at radius 1 is 0.738 bits per heavy atom. The summed E-state index contributed by atoms with van der Waals surface area (Å²) in [6, 6.07) is 36.2. The molecule has 0 radical (unpaired) electrons. The Kier molecular flexibility index (Phi) is 13.9. The van der Waals surface area contributed by atoms with Gasteiger partial charge in [0.05, 0.1) is 0 Å². The second kappa shape index (κ2) is 16.6. The van der Waals surface area contributed by atoms with Gasteiger partial charge in [-0.25, -0.2) is 6.08 Å². The van der Waals surface area contributed by atoms with Crippen molar-refractivity contribution in [2.24, 2.45) is 5.41 Å². The molecule has 0 saturated carbocycles. The zero-order chi connectivity index (χ0) is 28.5. The summed E-state index contributed by atoms with van der Waals surface area (Å²) in [4.78, 5) is 0. The van der Waals surface area contributed by atoms with Crippen LogP contribution in [0, 0.1) is 11.5 Å². The van der Waals surface area contributed by atoms with Crippen molar-refractivity contribution < 1.29 is 49.0 Å². The van der Waals surface area contributed by atoms with E-state index < -0.39 is 0 Å². The topological polar surface area (TPSA) is 0 Å². The second-order valence-corrected chi connectivity index (χ2v) is 12.0. The number of rotatable bonds is 4. The van der Waals surface area contributed by atoms with Crippen LogP contribution >= 0.6 is 0 Å². The van der Waals surface area contributed by atoms with Crippen molar-refractivity contribution in [3.05, 3.63) is 162 Å². The van der Waals surface area contributed by atoms with E-state index in [-0.39, 0.29) is 24.8 Å². The Balaban J connectivity index is 0.000000225. The molecule has 5 aromatic rings. The molecule has 0 N–H and O–H groups in total. The van der Waals surface area contributed by atoms with E-state index in [1.54, 1.807) is 0 Å². The molecule has 5 aromatic carbocycles. The molecule has 1 aliphatic rings. The molecular weight excluding hydrogens is 631 g/mol. The molecule has 212 valence electrons. The molecule has 0 aliphatic heterocycles. The van der Waals surface area contributed by atoms with Crippen LogP contribution in [-0.4, -0.2) is 3.21 Å². The summed E-state index contributed by atoms with van der Waals surface area (Å²) in [5.41, 5.74) is 6.73. The average Bonchev–Trinajstić information content (AvgIpc) is 3.67. The molecule has 6 rings (SSSR count). The molecule has 42 heavy (non-hydrogen) atoms. The van der Waals surface area contributed by atoms with Gasteiger partial charge in [0.25, 0.3) is 0 Å². The normalized spacial score (nSPS) is 11.6. The van der Waals surface area contributed by atoms with Gasteiger partial charge in [0.1, 0.15) is 0 Å². The molecule has 0 heterocycles. The van der Waals surface area contributed by atoms with Crippen LogP contribution in [0.2, 0.25) is 0 Å².